The number of unbranched alkanes of at least 4 members (excludes halogenated alkanes) is 1. The lowest BCUT2D eigenvalue weighted by Crippen LogP contribution is -2.07. The summed E-state index contributed by atoms with van der Waals surface area (Å²) in [6.45, 7) is 9.25. The molecule has 0 spiro atoms. The minimum absolute atomic E-state index is 0. The normalized spacial score (nSPS) is 10.2. The quantitative estimate of drug-likeness (QED) is 0.127. The molecule has 0 aromatic heterocycles. The molecule has 0 saturated heterocycles. The van der Waals surface area contributed by atoms with Crippen LogP contribution in [0.2, 0.25) is 0 Å². The molecule has 0 saturated carbocycles. The molecule has 0 aliphatic heterocycles. The summed E-state index contributed by atoms with van der Waals surface area (Å²) in [4.78, 5) is 22.4. The van der Waals surface area contributed by atoms with Crippen molar-refractivity contribution < 1.29 is 42.5 Å². The van der Waals surface area contributed by atoms with Crippen molar-refractivity contribution in [2.24, 2.45) is 0 Å². The lowest BCUT2D eigenvalue weighted by Gasteiger charge is -2.16. The van der Waals surface area contributed by atoms with E-state index in [1.807, 2.05) is 24.3 Å². The molecular weight excluding hydrogens is 535 g/mol. The molecule has 9 nitrogen and oxygen atoms in total. The molecule has 0 heterocycles. The average molecular weight is 585 g/mol. The van der Waals surface area contributed by atoms with Gasteiger partial charge in [-0.2, -0.15) is 0 Å². The zero-order chi connectivity index (χ0) is 28.2. The van der Waals surface area contributed by atoms with Crippen molar-refractivity contribution in [3.8, 4) is 11.5 Å². The molecule has 0 aliphatic carbocycles. The van der Waals surface area contributed by atoms with Crippen molar-refractivity contribution in [3.05, 3.63) is 59.7 Å². The molecule has 2 rings (SSSR count). The number of ether oxygens (including phenoxy) is 3. The van der Waals surface area contributed by atoms with Crippen molar-refractivity contribution >= 4 is 19.5 Å². The highest BCUT2D eigenvalue weighted by Crippen LogP contribution is 2.48. The minimum Gasteiger partial charge on any atom is -0.508 e. The molecule has 40 heavy (non-hydrogen) atoms. The fourth-order valence-corrected chi connectivity index (χ4v) is 4.96. The Balaban J connectivity index is 0. The highest BCUT2D eigenvalue weighted by Gasteiger charge is 2.22. The Hall–Kier alpha value is -2.87. The number of carbonyl (C=O) groups excluding carboxylic acids is 2. The number of esters is 2. The minimum atomic E-state index is -2.96. The molecule has 228 valence electrons. The van der Waals surface area contributed by atoms with E-state index in [4.69, 9.17) is 28.4 Å². The monoisotopic (exact) mass is 584 g/mol. The van der Waals surface area contributed by atoms with Gasteiger partial charge in [0, 0.05) is 0 Å². The van der Waals surface area contributed by atoms with Crippen LogP contribution >= 0.6 is 7.60 Å². The summed E-state index contributed by atoms with van der Waals surface area (Å²) in [5.41, 5.74) is 1.73. The zero-order valence-electron chi connectivity index (χ0n) is 22.9. The van der Waals surface area contributed by atoms with Gasteiger partial charge in [-0.3, -0.25) is 14.2 Å². The van der Waals surface area contributed by atoms with Crippen molar-refractivity contribution in [2.45, 2.75) is 68.2 Å². The van der Waals surface area contributed by atoms with Gasteiger partial charge in [0.05, 0.1) is 52.0 Å². The van der Waals surface area contributed by atoms with E-state index >= 15 is 0 Å². The van der Waals surface area contributed by atoms with Crippen LogP contribution in [0.3, 0.4) is 0 Å². The van der Waals surface area contributed by atoms with Crippen LogP contribution in [-0.2, 0) is 45.5 Å². The van der Waals surface area contributed by atoms with E-state index in [0.717, 1.165) is 23.3 Å². The Morgan fingerprint density at radius 2 is 1.15 bits per heavy atom. The van der Waals surface area contributed by atoms with E-state index in [1.165, 1.54) is 0 Å². The molecule has 0 fully saturated rings. The van der Waals surface area contributed by atoms with Crippen molar-refractivity contribution in [2.75, 3.05) is 39.2 Å². The Bertz CT molecular complexity index is 966. The van der Waals surface area contributed by atoms with E-state index in [9.17, 15) is 14.2 Å². The van der Waals surface area contributed by atoms with Gasteiger partial charge in [0.1, 0.15) is 11.5 Å². The molecule has 0 amide bonds. The second kappa shape index (κ2) is 22.9. The summed E-state index contributed by atoms with van der Waals surface area (Å²) in [5.74, 6) is 0.468. The van der Waals surface area contributed by atoms with Crippen LogP contribution in [0.4, 0.5) is 0 Å². The number of aromatic hydroxyl groups is 1. The van der Waals surface area contributed by atoms with Gasteiger partial charge in [-0.15, -0.1) is 0 Å². The number of carbonyl (C=O) groups is 2. The number of phenols is 1. The SMILES string of the molecule is C.C.CCOC(=O)Cc1ccc(O)cc1.CCOC(=O)Cc1ccc(OCCCCP(=O)(OCC)OCC)cc1. The number of phenolic OH excluding ortho intramolecular Hbond substituents is 1. The standard InChI is InChI=1S/C18H29O6P.C10H12O3.2CH4/c1-4-21-18(19)15-16-9-11-17(12-10-16)22-13-7-8-14-25(20,23-5-2)24-6-3;1-2-13-10(12)7-8-3-5-9(11)6-4-8;;/h9-12H,4-8,13-15H2,1-3H3;3-6,11H,2,7H2,1H3;2*1H4. The van der Waals surface area contributed by atoms with Gasteiger partial charge in [0.15, 0.2) is 0 Å². The average Bonchev–Trinajstić information content (AvgIpc) is 2.87. The molecule has 0 atom stereocenters. The molecule has 0 bridgehead atoms. The third kappa shape index (κ3) is 17.7. The predicted molar refractivity (Wildman–Crippen MR) is 159 cm³/mol. The number of benzene rings is 2. The second-order valence-electron chi connectivity index (χ2n) is 8.00. The number of rotatable bonds is 16. The first-order valence-corrected chi connectivity index (χ1v) is 14.7. The van der Waals surface area contributed by atoms with Gasteiger partial charge >= 0.3 is 19.5 Å². The molecule has 2 aromatic carbocycles. The summed E-state index contributed by atoms with van der Waals surface area (Å²) in [6.07, 6.45) is 2.38. The lowest BCUT2D eigenvalue weighted by molar-refractivity contribution is -0.143. The van der Waals surface area contributed by atoms with Crippen molar-refractivity contribution in [1.29, 1.82) is 0 Å². The second-order valence-corrected chi connectivity index (χ2v) is 10.2. The maximum atomic E-state index is 12.3. The van der Waals surface area contributed by atoms with Gasteiger partial charge in [-0.05, 0) is 75.9 Å². The Morgan fingerprint density at radius 1 is 0.700 bits per heavy atom. The van der Waals surface area contributed by atoms with Gasteiger partial charge in [-0.25, -0.2) is 0 Å². The highest BCUT2D eigenvalue weighted by atomic mass is 31.2. The summed E-state index contributed by atoms with van der Waals surface area (Å²) in [6, 6.07) is 13.9. The van der Waals surface area contributed by atoms with Gasteiger partial charge < -0.3 is 28.4 Å². The fourth-order valence-electron chi connectivity index (χ4n) is 3.23. The summed E-state index contributed by atoms with van der Waals surface area (Å²) >= 11 is 0. The van der Waals surface area contributed by atoms with Crippen LogP contribution < -0.4 is 4.74 Å². The number of hydrogen-bond acceptors (Lipinski definition) is 9. The summed E-state index contributed by atoms with van der Waals surface area (Å²) in [7, 11) is -2.96. The van der Waals surface area contributed by atoms with Crippen LogP contribution in [0.1, 0.15) is 66.5 Å². The van der Waals surface area contributed by atoms with Crippen LogP contribution in [0.5, 0.6) is 11.5 Å². The first-order valence-electron chi connectivity index (χ1n) is 12.9. The molecular formula is C30H49O9P. The van der Waals surface area contributed by atoms with Crippen molar-refractivity contribution in [3.63, 3.8) is 0 Å². The Kier molecular flexibility index (Phi) is 22.5. The third-order valence-electron chi connectivity index (χ3n) is 4.91. The smallest absolute Gasteiger partial charge is 0.330 e. The largest absolute Gasteiger partial charge is 0.508 e. The van der Waals surface area contributed by atoms with E-state index < -0.39 is 7.60 Å². The lowest BCUT2D eigenvalue weighted by atomic mass is 10.1. The Labute approximate surface area is 240 Å². The summed E-state index contributed by atoms with van der Waals surface area (Å²) in [5, 5.41) is 8.98. The third-order valence-corrected chi connectivity index (χ3v) is 7.08. The maximum absolute atomic E-state index is 12.3. The van der Waals surface area contributed by atoms with E-state index in [-0.39, 0.29) is 45.4 Å². The van der Waals surface area contributed by atoms with Crippen LogP contribution in [0, 0.1) is 0 Å². The molecule has 10 heteroatoms. The maximum Gasteiger partial charge on any atom is 0.330 e. The van der Waals surface area contributed by atoms with Crippen LogP contribution in [0.15, 0.2) is 48.5 Å². The molecule has 1 N–H and O–H groups in total. The van der Waals surface area contributed by atoms with E-state index in [2.05, 4.69) is 0 Å². The number of hydrogen-bond donors (Lipinski definition) is 1. The first-order chi connectivity index (χ1) is 18.2. The molecule has 0 unspecified atom stereocenters. The first kappa shape index (κ1) is 39.3. The fraction of sp³-hybridized carbons (Fsp3) is 0.533. The van der Waals surface area contributed by atoms with E-state index in [1.54, 1.807) is 52.0 Å². The van der Waals surface area contributed by atoms with Gasteiger partial charge in [0.2, 0.25) is 0 Å². The predicted octanol–water partition coefficient (Wildman–Crippen LogP) is 6.99. The van der Waals surface area contributed by atoms with Crippen LogP contribution in [0.25, 0.3) is 0 Å². The van der Waals surface area contributed by atoms with E-state index in [0.29, 0.717) is 45.6 Å². The molecule has 0 aliphatic rings. The van der Waals surface area contributed by atoms with Crippen LogP contribution in [-0.4, -0.2) is 56.2 Å². The topological polar surface area (TPSA) is 118 Å². The molecule has 2 aromatic rings. The zero-order valence-corrected chi connectivity index (χ0v) is 23.7. The van der Waals surface area contributed by atoms with Gasteiger partial charge in [-0.1, -0.05) is 39.1 Å². The highest BCUT2D eigenvalue weighted by molar-refractivity contribution is 7.53. The van der Waals surface area contributed by atoms with Crippen molar-refractivity contribution in [1.82, 2.24) is 0 Å². The Morgan fingerprint density at radius 3 is 1.57 bits per heavy atom. The molecule has 0 radical (unpaired) electrons. The van der Waals surface area contributed by atoms with Gasteiger partial charge in [0.25, 0.3) is 0 Å². The summed E-state index contributed by atoms with van der Waals surface area (Å²) < 4.78 is 38.2.